The predicted molar refractivity (Wildman–Crippen MR) is 87.0 cm³/mol. The first-order valence-corrected chi connectivity index (χ1v) is 7.26. The van der Waals surface area contributed by atoms with E-state index in [1.165, 1.54) is 13.8 Å². The molecule has 0 radical (unpaired) electrons. The van der Waals surface area contributed by atoms with Crippen molar-refractivity contribution in [2.24, 2.45) is 0 Å². The van der Waals surface area contributed by atoms with Gasteiger partial charge in [0.15, 0.2) is 5.78 Å². The summed E-state index contributed by atoms with van der Waals surface area (Å²) in [5, 5.41) is 0. The molecule has 0 aliphatic carbocycles. The highest BCUT2D eigenvalue weighted by molar-refractivity contribution is 6.08. The van der Waals surface area contributed by atoms with Gasteiger partial charge in [-0.15, -0.1) is 0 Å². The first kappa shape index (κ1) is 15.1. The van der Waals surface area contributed by atoms with Crippen molar-refractivity contribution in [3.63, 3.8) is 0 Å². The Bertz CT molecular complexity index is 802. The zero-order valence-corrected chi connectivity index (χ0v) is 13.3. The third-order valence-electron chi connectivity index (χ3n) is 3.98. The molecular weight excluding hydrogens is 294 g/mol. The number of methoxy groups -OCH3 is 1. The first-order chi connectivity index (χ1) is 11.0. The summed E-state index contributed by atoms with van der Waals surface area (Å²) >= 11 is 0. The highest BCUT2D eigenvalue weighted by Gasteiger charge is 2.30. The van der Waals surface area contributed by atoms with E-state index in [9.17, 15) is 9.59 Å². The van der Waals surface area contributed by atoms with Crippen LogP contribution in [-0.4, -0.2) is 25.3 Å². The number of anilines is 1. The molecule has 5 nitrogen and oxygen atoms in total. The van der Waals surface area contributed by atoms with Crippen LogP contribution in [0, 0.1) is 0 Å². The maximum atomic E-state index is 11.9. The summed E-state index contributed by atoms with van der Waals surface area (Å²) in [6.07, 6.45) is 3.16. The fourth-order valence-electron chi connectivity index (χ4n) is 2.84. The van der Waals surface area contributed by atoms with E-state index in [2.05, 4.69) is 0 Å². The molecule has 0 saturated heterocycles. The highest BCUT2D eigenvalue weighted by Crippen LogP contribution is 2.40. The van der Waals surface area contributed by atoms with Gasteiger partial charge in [0.25, 0.3) is 0 Å². The number of benzene rings is 1. The lowest BCUT2D eigenvalue weighted by atomic mass is 10.0. The molecular formula is C18H17NO4. The van der Waals surface area contributed by atoms with Gasteiger partial charge in [0.1, 0.15) is 12.0 Å². The summed E-state index contributed by atoms with van der Waals surface area (Å²) in [4.78, 5) is 25.3. The minimum absolute atomic E-state index is 0.0179. The number of hydrogen-bond donors (Lipinski definition) is 0. The zero-order chi connectivity index (χ0) is 16.6. The quantitative estimate of drug-likeness (QED) is 0.644. The lowest BCUT2D eigenvalue weighted by Crippen LogP contribution is -2.25. The summed E-state index contributed by atoms with van der Waals surface area (Å²) in [6.45, 7) is 3.45. The van der Waals surface area contributed by atoms with Crippen LogP contribution in [0.25, 0.3) is 11.3 Å². The smallest absolute Gasteiger partial charge is 0.224 e. The van der Waals surface area contributed by atoms with Crippen LogP contribution < -0.4 is 4.90 Å². The second-order valence-corrected chi connectivity index (χ2v) is 5.42. The number of amides is 1. The van der Waals surface area contributed by atoms with Gasteiger partial charge in [0.05, 0.1) is 31.2 Å². The second kappa shape index (κ2) is 5.76. The Morgan fingerprint density at radius 2 is 1.96 bits per heavy atom. The zero-order valence-electron chi connectivity index (χ0n) is 13.3. The van der Waals surface area contributed by atoms with Gasteiger partial charge >= 0.3 is 0 Å². The van der Waals surface area contributed by atoms with Crippen molar-refractivity contribution in [1.29, 1.82) is 0 Å². The van der Waals surface area contributed by atoms with Crippen molar-refractivity contribution in [3.8, 4) is 0 Å². The van der Waals surface area contributed by atoms with Crippen LogP contribution in [0.15, 0.2) is 41.2 Å². The van der Waals surface area contributed by atoms with Crippen LogP contribution >= 0.6 is 0 Å². The summed E-state index contributed by atoms with van der Waals surface area (Å²) < 4.78 is 10.7. The average Bonchev–Trinajstić information content (AvgIpc) is 3.16. The van der Waals surface area contributed by atoms with Crippen LogP contribution in [0.5, 0.6) is 0 Å². The normalized spacial score (nSPS) is 15.3. The minimum atomic E-state index is -0.0560. The Balaban J connectivity index is 2.23. The molecule has 0 bridgehead atoms. The third-order valence-corrected chi connectivity index (χ3v) is 3.98. The Morgan fingerprint density at radius 3 is 2.52 bits per heavy atom. The number of carbonyl (C=O) groups excluding carboxylic acids is 2. The average molecular weight is 311 g/mol. The lowest BCUT2D eigenvalue weighted by molar-refractivity contribution is -0.116. The van der Waals surface area contributed by atoms with Gasteiger partial charge in [-0.05, 0) is 31.2 Å². The maximum Gasteiger partial charge on any atom is 0.224 e. The van der Waals surface area contributed by atoms with E-state index in [0.29, 0.717) is 17.9 Å². The molecule has 0 N–H and O–H groups in total. The summed E-state index contributed by atoms with van der Waals surface area (Å²) in [6, 6.07) is 7.17. The van der Waals surface area contributed by atoms with Crippen LogP contribution in [0.3, 0.4) is 0 Å². The predicted octanol–water partition coefficient (Wildman–Crippen LogP) is 3.36. The van der Waals surface area contributed by atoms with E-state index in [4.69, 9.17) is 9.15 Å². The van der Waals surface area contributed by atoms with Gasteiger partial charge in [-0.1, -0.05) is 0 Å². The van der Waals surface area contributed by atoms with Crippen molar-refractivity contribution in [3.05, 3.63) is 53.5 Å². The molecule has 3 rings (SSSR count). The van der Waals surface area contributed by atoms with Crippen molar-refractivity contribution in [1.82, 2.24) is 0 Å². The molecule has 1 amide bonds. The fourth-order valence-corrected chi connectivity index (χ4v) is 2.84. The number of fused-ring (bicyclic) bond motifs is 1. The highest BCUT2D eigenvalue weighted by atomic mass is 16.5. The van der Waals surface area contributed by atoms with Crippen molar-refractivity contribution < 1.29 is 18.7 Å². The number of Topliss-reactive ketones (excluding diaryl/α,β-unsaturated/α-hetero) is 1. The van der Waals surface area contributed by atoms with E-state index in [1.807, 2.05) is 12.1 Å². The molecule has 0 fully saturated rings. The van der Waals surface area contributed by atoms with Gasteiger partial charge in [-0.25, -0.2) is 0 Å². The largest absolute Gasteiger partial charge is 0.496 e. The molecule has 1 aliphatic rings. The topological polar surface area (TPSA) is 59.8 Å². The molecule has 1 aliphatic heterocycles. The molecule has 1 aromatic carbocycles. The Hall–Kier alpha value is -2.82. The summed E-state index contributed by atoms with van der Waals surface area (Å²) in [7, 11) is 1.58. The molecule has 0 atom stereocenters. The molecule has 118 valence electrons. The van der Waals surface area contributed by atoms with Gasteiger partial charge in [-0.2, -0.15) is 0 Å². The monoisotopic (exact) mass is 311 g/mol. The van der Waals surface area contributed by atoms with Crippen LogP contribution in [0.1, 0.15) is 35.3 Å². The number of ether oxygens (including phenoxy) is 1. The van der Waals surface area contributed by atoms with E-state index in [0.717, 1.165) is 22.4 Å². The Morgan fingerprint density at radius 1 is 1.17 bits per heavy atom. The number of hydrogen-bond acceptors (Lipinski definition) is 4. The van der Waals surface area contributed by atoms with Crippen LogP contribution in [-0.2, 0) is 9.53 Å². The fraction of sp³-hybridized carbons (Fsp3) is 0.222. The van der Waals surface area contributed by atoms with Gasteiger partial charge in [-0.3, -0.25) is 9.59 Å². The molecule has 5 heteroatoms. The molecule has 23 heavy (non-hydrogen) atoms. The number of ketones is 1. The number of nitrogens with zero attached hydrogens (tertiary/aromatic N) is 1. The molecule has 0 saturated carbocycles. The SMILES string of the molecule is CO/C(=C1\CN(C(C)=O)c2ccc(C(C)=O)cc21)c1ccoc1. The van der Waals surface area contributed by atoms with Crippen LogP contribution in [0.4, 0.5) is 5.69 Å². The third kappa shape index (κ3) is 2.54. The Labute approximate surface area is 134 Å². The second-order valence-electron chi connectivity index (χ2n) is 5.42. The summed E-state index contributed by atoms with van der Waals surface area (Å²) in [5.41, 5.74) is 3.89. The van der Waals surface area contributed by atoms with Gasteiger partial charge in [0, 0.05) is 23.6 Å². The van der Waals surface area contributed by atoms with Crippen molar-refractivity contribution in [2.45, 2.75) is 13.8 Å². The van der Waals surface area contributed by atoms with Crippen LogP contribution in [0.2, 0.25) is 0 Å². The lowest BCUT2D eigenvalue weighted by Gasteiger charge is -2.14. The van der Waals surface area contributed by atoms with E-state index in [1.54, 1.807) is 36.7 Å². The van der Waals surface area contributed by atoms with Gasteiger partial charge in [0.2, 0.25) is 5.91 Å². The summed E-state index contributed by atoms with van der Waals surface area (Å²) in [5.74, 6) is 0.569. The molecule has 0 spiro atoms. The molecule has 2 aromatic rings. The van der Waals surface area contributed by atoms with E-state index >= 15 is 0 Å². The molecule has 2 heterocycles. The van der Waals surface area contributed by atoms with E-state index < -0.39 is 0 Å². The maximum absolute atomic E-state index is 11.9. The standard InChI is InChI=1S/C18H17NO4/c1-11(20)13-4-5-17-15(8-13)16(9-19(17)12(2)21)18(22-3)14-6-7-23-10-14/h4-8,10H,9H2,1-3H3/b18-16+. The Kier molecular flexibility index (Phi) is 3.78. The first-order valence-electron chi connectivity index (χ1n) is 7.26. The number of rotatable bonds is 3. The minimum Gasteiger partial charge on any atom is -0.496 e. The number of furan rings is 1. The van der Waals surface area contributed by atoms with Gasteiger partial charge < -0.3 is 14.1 Å². The van der Waals surface area contributed by atoms with Crippen molar-refractivity contribution >= 4 is 28.7 Å². The van der Waals surface area contributed by atoms with Crippen molar-refractivity contribution in [2.75, 3.05) is 18.6 Å². The van der Waals surface area contributed by atoms with E-state index in [-0.39, 0.29) is 11.7 Å². The molecule has 1 aromatic heterocycles. The molecule has 0 unspecified atom stereocenters. The number of carbonyl (C=O) groups is 2.